The van der Waals surface area contributed by atoms with Gasteiger partial charge in [-0.25, -0.2) is 4.98 Å². The molecule has 2 rings (SSSR count). The normalized spacial score (nSPS) is 12.2. The Balaban J connectivity index is 1.83. The van der Waals surface area contributed by atoms with Crippen LogP contribution in [0.2, 0.25) is 0 Å². The zero-order chi connectivity index (χ0) is 13.5. The molecular weight excluding hydrogens is 242 g/mol. The summed E-state index contributed by atoms with van der Waals surface area (Å²) in [6.07, 6.45) is 5.35. The summed E-state index contributed by atoms with van der Waals surface area (Å²) in [4.78, 5) is 15.2. The van der Waals surface area contributed by atoms with Gasteiger partial charge in [-0.15, -0.1) is 0 Å². The summed E-state index contributed by atoms with van der Waals surface area (Å²) in [5.41, 5.74) is 0.824. The molecule has 0 bridgehead atoms. The van der Waals surface area contributed by atoms with Gasteiger partial charge in [0.15, 0.2) is 0 Å². The lowest BCUT2D eigenvalue weighted by molar-refractivity contribution is -0.138. The quantitative estimate of drug-likeness (QED) is 0.736. The van der Waals surface area contributed by atoms with Crippen LogP contribution < -0.4 is 5.32 Å². The van der Waals surface area contributed by atoms with E-state index in [1.54, 1.807) is 12.5 Å². The van der Waals surface area contributed by atoms with Crippen LogP contribution in [0.25, 0.3) is 0 Å². The van der Waals surface area contributed by atoms with E-state index in [0.717, 1.165) is 12.1 Å². The molecule has 0 saturated carbocycles. The van der Waals surface area contributed by atoms with Crippen LogP contribution in [0.5, 0.6) is 0 Å². The number of benzene rings is 1. The first-order valence-corrected chi connectivity index (χ1v) is 6.21. The fourth-order valence-electron chi connectivity index (χ4n) is 1.91. The lowest BCUT2D eigenvalue weighted by Crippen LogP contribution is -2.29. The molecule has 5 nitrogen and oxygen atoms in total. The molecule has 2 aromatic rings. The molecule has 0 aliphatic carbocycles. The Morgan fingerprint density at radius 2 is 2.16 bits per heavy atom. The molecular formula is C14H17N3O2. The van der Waals surface area contributed by atoms with Crippen LogP contribution in [0.1, 0.15) is 11.5 Å². The predicted molar refractivity (Wildman–Crippen MR) is 71.9 cm³/mol. The van der Waals surface area contributed by atoms with Crippen molar-refractivity contribution >= 4 is 5.97 Å². The van der Waals surface area contributed by atoms with Gasteiger partial charge in [0, 0.05) is 32.0 Å². The zero-order valence-electron chi connectivity index (χ0n) is 10.6. The van der Waals surface area contributed by atoms with Crippen LogP contribution in [-0.4, -0.2) is 33.7 Å². The summed E-state index contributed by atoms with van der Waals surface area (Å²) in [6.45, 7) is 1.92. The minimum atomic E-state index is -0.804. The van der Waals surface area contributed by atoms with Crippen molar-refractivity contribution in [2.45, 2.75) is 12.5 Å². The maximum atomic E-state index is 11.3. The average Bonchev–Trinajstić information content (AvgIpc) is 2.92. The second-order valence-electron chi connectivity index (χ2n) is 4.31. The smallest absolute Gasteiger partial charge is 0.312 e. The topological polar surface area (TPSA) is 67.2 Å². The summed E-state index contributed by atoms with van der Waals surface area (Å²) in [7, 11) is 0. The summed E-state index contributed by atoms with van der Waals surface area (Å²) in [5.74, 6) is -1.31. The predicted octanol–water partition coefficient (Wildman–Crippen LogP) is 1.34. The number of carbonyl (C=O) groups is 1. The average molecular weight is 259 g/mol. The van der Waals surface area contributed by atoms with Gasteiger partial charge in [-0.1, -0.05) is 30.3 Å². The Labute approximate surface area is 111 Å². The van der Waals surface area contributed by atoms with E-state index >= 15 is 0 Å². The molecule has 0 fully saturated rings. The maximum Gasteiger partial charge on any atom is 0.312 e. The highest BCUT2D eigenvalue weighted by atomic mass is 16.4. The van der Waals surface area contributed by atoms with E-state index in [1.807, 2.05) is 41.1 Å². The molecule has 0 aliphatic rings. The molecule has 19 heavy (non-hydrogen) atoms. The number of aromatic nitrogens is 2. The van der Waals surface area contributed by atoms with E-state index < -0.39 is 11.9 Å². The highest BCUT2D eigenvalue weighted by Gasteiger charge is 2.18. The van der Waals surface area contributed by atoms with E-state index in [9.17, 15) is 9.90 Å². The van der Waals surface area contributed by atoms with Crippen LogP contribution in [-0.2, 0) is 11.3 Å². The van der Waals surface area contributed by atoms with E-state index in [1.165, 1.54) is 0 Å². The molecule has 0 spiro atoms. The van der Waals surface area contributed by atoms with Crippen LogP contribution in [0.4, 0.5) is 0 Å². The summed E-state index contributed by atoms with van der Waals surface area (Å²) < 4.78 is 1.95. The number of carboxylic acids is 1. The molecule has 0 aliphatic heterocycles. The van der Waals surface area contributed by atoms with Gasteiger partial charge in [-0.3, -0.25) is 4.79 Å². The van der Waals surface area contributed by atoms with Gasteiger partial charge in [-0.05, 0) is 5.56 Å². The molecule has 1 aromatic carbocycles. The molecule has 0 radical (unpaired) electrons. The number of nitrogens with zero attached hydrogens (tertiary/aromatic N) is 2. The van der Waals surface area contributed by atoms with Crippen LogP contribution in [0, 0.1) is 0 Å². The number of rotatable bonds is 7. The van der Waals surface area contributed by atoms with Gasteiger partial charge < -0.3 is 15.0 Å². The van der Waals surface area contributed by atoms with Crippen molar-refractivity contribution in [2.75, 3.05) is 13.1 Å². The number of nitrogens with one attached hydrogen (secondary N) is 1. The molecule has 1 unspecified atom stereocenters. The molecule has 100 valence electrons. The van der Waals surface area contributed by atoms with E-state index in [4.69, 9.17) is 0 Å². The van der Waals surface area contributed by atoms with Crippen molar-refractivity contribution in [3.63, 3.8) is 0 Å². The van der Waals surface area contributed by atoms with Gasteiger partial charge in [0.2, 0.25) is 0 Å². The minimum absolute atomic E-state index is 0.425. The first-order chi connectivity index (χ1) is 9.27. The van der Waals surface area contributed by atoms with Crippen LogP contribution >= 0.6 is 0 Å². The number of aliphatic carboxylic acids is 1. The Morgan fingerprint density at radius 3 is 2.79 bits per heavy atom. The lowest BCUT2D eigenvalue weighted by atomic mass is 9.99. The number of carboxylic acid groups (broad SMARTS) is 1. The lowest BCUT2D eigenvalue weighted by Gasteiger charge is -2.13. The van der Waals surface area contributed by atoms with Crippen molar-refractivity contribution in [2.24, 2.45) is 0 Å². The van der Waals surface area contributed by atoms with Crippen LogP contribution in [0.15, 0.2) is 49.1 Å². The molecule has 1 atom stereocenters. The third kappa shape index (κ3) is 3.93. The van der Waals surface area contributed by atoms with Gasteiger partial charge in [-0.2, -0.15) is 0 Å². The Morgan fingerprint density at radius 1 is 1.37 bits per heavy atom. The van der Waals surface area contributed by atoms with E-state index in [-0.39, 0.29) is 0 Å². The van der Waals surface area contributed by atoms with Crippen molar-refractivity contribution in [1.82, 2.24) is 14.9 Å². The van der Waals surface area contributed by atoms with Crippen molar-refractivity contribution in [3.05, 3.63) is 54.6 Å². The fourth-order valence-corrected chi connectivity index (χ4v) is 1.91. The monoisotopic (exact) mass is 259 g/mol. The molecule has 0 amide bonds. The third-order valence-electron chi connectivity index (χ3n) is 2.95. The van der Waals surface area contributed by atoms with Gasteiger partial charge in [0.25, 0.3) is 0 Å². The fraction of sp³-hybridized carbons (Fsp3) is 0.286. The summed E-state index contributed by atoms with van der Waals surface area (Å²) in [5, 5.41) is 12.4. The Bertz CT molecular complexity index is 497. The molecule has 0 saturated heterocycles. The van der Waals surface area contributed by atoms with Crippen LogP contribution in [0.3, 0.4) is 0 Å². The van der Waals surface area contributed by atoms with Gasteiger partial charge >= 0.3 is 5.97 Å². The van der Waals surface area contributed by atoms with E-state index in [0.29, 0.717) is 13.1 Å². The minimum Gasteiger partial charge on any atom is -0.481 e. The zero-order valence-corrected chi connectivity index (χ0v) is 10.6. The maximum absolute atomic E-state index is 11.3. The summed E-state index contributed by atoms with van der Waals surface area (Å²) in [6, 6.07) is 9.29. The standard InChI is InChI=1S/C14H17N3O2/c18-14(19)13(12-4-2-1-3-5-12)10-15-6-8-17-9-7-16-11-17/h1-5,7,9,11,13,15H,6,8,10H2,(H,18,19). The SMILES string of the molecule is O=C(O)C(CNCCn1ccnc1)c1ccccc1. The summed E-state index contributed by atoms with van der Waals surface area (Å²) >= 11 is 0. The first kappa shape index (κ1) is 13.3. The highest BCUT2D eigenvalue weighted by molar-refractivity contribution is 5.76. The first-order valence-electron chi connectivity index (χ1n) is 6.21. The Hall–Kier alpha value is -2.14. The second kappa shape index (κ2) is 6.70. The van der Waals surface area contributed by atoms with Crippen molar-refractivity contribution < 1.29 is 9.90 Å². The molecule has 5 heteroatoms. The van der Waals surface area contributed by atoms with Gasteiger partial charge in [0.1, 0.15) is 0 Å². The van der Waals surface area contributed by atoms with Gasteiger partial charge in [0.05, 0.1) is 12.2 Å². The largest absolute Gasteiger partial charge is 0.481 e. The van der Waals surface area contributed by atoms with Crippen molar-refractivity contribution in [3.8, 4) is 0 Å². The number of imidazole rings is 1. The Kier molecular flexibility index (Phi) is 4.69. The van der Waals surface area contributed by atoms with E-state index in [2.05, 4.69) is 10.3 Å². The van der Waals surface area contributed by atoms with Crippen molar-refractivity contribution in [1.29, 1.82) is 0 Å². The third-order valence-corrected chi connectivity index (χ3v) is 2.95. The number of hydrogen-bond donors (Lipinski definition) is 2. The molecule has 2 N–H and O–H groups in total. The second-order valence-corrected chi connectivity index (χ2v) is 4.31. The molecule has 1 aromatic heterocycles. The molecule has 1 heterocycles. The number of hydrogen-bond acceptors (Lipinski definition) is 3. The highest BCUT2D eigenvalue weighted by Crippen LogP contribution is 2.14.